The van der Waals surface area contributed by atoms with E-state index in [-0.39, 0.29) is 5.56 Å². The molecule has 2 rings (SSSR count). The molecule has 0 atom stereocenters. The highest BCUT2D eigenvalue weighted by atomic mass is 16.1. The molecule has 0 aliphatic rings. The largest absolute Gasteiger partial charge is 0.337 e. The highest BCUT2D eigenvalue weighted by Crippen LogP contribution is 1.95. The van der Waals surface area contributed by atoms with Crippen LogP contribution in [0.1, 0.15) is 5.82 Å². The van der Waals surface area contributed by atoms with E-state index in [1.165, 1.54) is 6.20 Å². The van der Waals surface area contributed by atoms with Crippen molar-refractivity contribution < 1.29 is 0 Å². The molecule has 0 radical (unpaired) electrons. The smallest absolute Gasteiger partial charge is 0.269 e. The fraction of sp³-hybridized carbons (Fsp3) is 0.222. The first-order chi connectivity index (χ1) is 6.77. The first kappa shape index (κ1) is 8.68. The highest BCUT2D eigenvalue weighted by Gasteiger charge is 2.00. The van der Waals surface area contributed by atoms with Gasteiger partial charge in [-0.1, -0.05) is 0 Å². The Bertz CT molecular complexity index is 485. The molecule has 5 nitrogen and oxygen atoms in total. The van der Waals surface area contributed by atoms with Crippen molar-refractivity contribution in [2.75, 3.05) is 0 Å². The molecule has 0 saturated heterocycles. The minimum Gasteiger partial charge on any atom is -0.337 e. The quantitative estimate of drug-likeness (QED) is 0.671. The Morgan fingerprint density at radius 2 is 2.21 bits per heavy atom. The van der Waals surface area contributed by atoms with Crippen LogP contribution < -0.4 is 5.56 Å². The third-order valence-electron chi connectivity index (χ3n) is 2.03. The molecule has 2 aromatic rings. The normalized spacial score (nSPS) is 10.4. The molecule has 0 bridgehead atoms. The molecule has 0 aliphatic carbocycles. The first-order valence-corrected chi connectivity index (χ1v) is 4.24. The number of aryl methyl sites for hydroxylation is 1. The van der Waals surface area contributed by atoms with Gasteiger partial charge in [0.25, 0.3) is 5.56 Å². The molecular weight excluding hydrogens is 180 g/mol. The summed E-state index contributed by atoms with van der Waals surface area (Å²) in [7, 11) is 1.90. The zero-order valence-electron chi connectivity index (χ0n) is 7.79. The van der Waals surface area contributed by atoms with Crippen molar-refractivity contribution >= 4 is 0 Å². The Labute approximate surface area is 80.7 Å². The summed E-state index contributed by atoms with van der Waals surface area (Å²) < 4.78 is 3.45. The second-order valence-corrected chi connectivity index (χ2v) is 3.00. The fourth-order valence-corrected chi connectivity index (χ4v) is 1.21. The summed E-state index contributed by atoms with van der Waals surface area (Å²) in [6.07, 6.45) is 8.09. The van der Waals surface area contributed by atoms with Gasteiger partial charge in [-0.3, -0.25) is 9.78 Å². The van der Waals surface area contributed by atoms with Crippen LogP contribution in [-0.2, 0) is 13.6 Å². The van der Waals surface area contributed by atoms with E-state index < -0.39 is 0 Å². The maximum Gasteiger partial charge on any atom is 0.269 e. The second kappa shape index (κ2) is 3.45. The molecular formula is C9H10N4O. The van der Waals surface area contributed by atoms with Gasteiger partial charge in [0, 0.05) is 31.8 Å². The van der Waals surface area contributed by atoms with E-state index in [1.807, 2.05) is 17.8 Å². The van der Waals surface area contributed by atoms with Crippen LogP contribution in [-0.4, -0.2) is 19.1 Å². The van der Waals surface area contributed by atoms with Crippen molar-refractivity contribution in [2.24, 2.45) is 7.05 Å². The van der Waals surface area contributed by atoms with Crippen LogP contribution in [0.3, 0.4) is 0 Å². The van der Waals surface area contributed by atoms with Gasteiger partial charge in [0.1, 0.15) is 5.82 Å². The number of hydrogen-bond donors (Lipinski definition) is 0. The van der Waals surface area contributed by atoms with E-state index in [2.05, 4.69) is 9.97 Å². The lowest BCUT2D eigenvalue weighted by Crippen LogP contribution is -2.20. The summed E-state index contributed by atoms with van der Waals surface area (Å²) in [5, 5.41) is 0. The number of imidazole rings is 1. The Morgan fingerprint density at radius 1 is 1.36 bits per heavy atom. The molecule has 2 heterocycles. The number of nitrogens with zero attached hydrogens (tertiary/aromatic N) is 4. The molecule has 0 unspecified atom stereocenters. The van der Waals surface area contributed by atoms with Crippen LogP contribution in [0, 0.1) is 0 Å². The van der Waals surface area contributed by atoms with Gasteiger partial charge in [-0.15, -0.1) is 0 Å². The van der Waals surface area contributed by atoms with E-state index in [0.717, 1.165) is 5.82 Å². The van der Waals surface area contributed by atoms with Crippen LogP contribution in [0.15, 0.2) is 35.8 Å². The minimum atomic E-state index is -0.115. The Hall–Kier alpha value is -1.91. The summed E-state index contributed by atoms with van der Waals surface area (Å²) in [5.74, 6) is 0.846. The molecule has 0 amide bonds. The zero-order valence-corrected chi connectivity index (χ0v) is 7.79. The maximum atomic E-state index is 11.3. The van der Waals surface area contributed by atoms with Crippen molar-refractivity contribution in [1.29, 1.82) is 0 Å². The third-order valence-corrected chi connectivity index (χ3v) is 2.03. The Morgan fingerprint density at radius 3 is 2.86 bits per heavy atom. The average molecular weight is 190 g/mol. The SMILES string of the molecule is Cn1ccnc1Cn1ccncc1=O. The van der Waals surface area contributed by atoms with Crippen LogP contribution in [0.4, 0.5) is 0 Å². The summed E-state index contributed by atoms with van der Waals surface area (Å²) in [4.78, 5) is 19.2. The van der Waals surface area contributed by atoms with Gasteiger partial charge in [-0.25, -0.2) is 4.98 Å². The van der Waals surface area contributed by atoms with Gasteiger partial charge in [0.15, 0.2) is 0 Å². The average Bonchev–Trinajstić information content (AvgIpc) is 2.56. The summed E-state index contributed by atoms with van der Waals surface area (Å²) >= 11 is 0. The van der Waals surface area contributed by atoms with Crippen molar-refractivity contribution in [3.05, 3.63) is 47.2 Å². The number of rotatable bonds is 2. The molecule has 0 N–H and O–H groups in total. The molecule has 2 aromatic heterocycles. The van der Waals surface area contributed by atoms with Crippen molar-refractivity contribution in [3.63, 3.8) is 0 Å². The van der Waals surface area contributed by atoms with E-state index in [9.17, 15) is 4.79 Å². The molecule has 5 heteroatoms. The van der Waals surface area contributed by atoms with E-state index in [4.69, 9.17) is 0 Å². The van der Waals surface area contributed by atoms with Gasteiger partial charge in [-0.05, 0) is 0 Å². The van der Waals surface area contributed by atoms with E-state index in [0.29, 0.717) is 6.54 Å². The number of hydrogen-bond acceptors (Lipinski definition) is 3. The molecule has 0 spiro atoms. The van der Waals surface area contributed by atoms with Gasteiger partial charge in [0.2, 0.25) is 0 Å². The van der Waals surface area contributed by atoms with Crippen LogP contribution in [0.25, 0.3) is 0 Å². The molecule has 14 heavy (non-hydrogen) atoms. The molecule has 0 fully saturated rings. The van der Waals surface area contributed by atoms with E-state index >= 15 is 0 Å². The van der Waals surface area contributed by atoms with E-state index in [1.54, 1.807) is 23.2 Å². The van der Waals surface area contributed by atoms with Gasteiger partial charge in [-0.2, -0.15) is 0 Å². The lowest BCUT2D eigenvalue weighted by molar-refractivity contribution is 0.673. The summed E-state index contributed by atoms with van der Waals surface area (Å²) in [6, 6.07) is 0. The molecule has 0 aliphatic heterocycles. The molecule has 0 saturated carbocycles. The summed E-state index contributed by atoms with van der Waals surface area (Å²) in [5.41, 5.74) is -0.115. The van der Waals surface area contributed by atoms with Crippen LogP contribution in [0.5, 0.6) is 0 Å². The van der Waals surface area contributed by atoms with Crippen molar-refractivity contribution in [2.45, 2.75) is 6.54 Å². The summed E-state index contributed by atoms with van der Waals surface area (Å²) in [6.45, 7) is 0.477. The van der Waals surface area contributed by atoms with Crippen molar-refractivity contribution in [3.8, 4) is 0 Å². The predicted molar refractivity (Wildman–Crippen MR) is 50.8 cm³/mol. The Kier molecular flexibility index (Phi) is 2.14. The topological polar surface area (TPSA) is 52.7 Å². The third kappa shape index (κ3) is 1.56. The van der Waals surface area contributed by atoms with Gasteiger partial charge >= 0.3 is 0 Å². The monoisotopic (exact) mass is 190 g/mol. The van der Waals surface area contributed by atoms with Crippen LogP contribution in [0.2, 0.25) is 0 Å². The van der Waals surface area contributed by atoms with Gasteiger partial charge in [0.05, 0.1) is 12.7 Å². The minimum absolute atomic E-state index is 0.115. The predicted octanol–water partition coefficient (Wildman–Crippen LogP) is 0.0251. The zero-order chi connectivity index (χ0) is 9.97. The van der Waals surface area contributed by atoms with Crippen molar-refractivity contribution in [1.82, 2.24) is 19.1 Å². The number of aromatic nitrogens is 4. The first-order valence-electron chi connectivity index (χ1n) is 4.24. The highest BCUT2D eigenvalue weighted by molar-refractivity contribution is 4.94. The lowest BCUT2D eigenvalue weighted by atomic mass is 10.5. The van der Waals surface area contributed by atoms with Gasteiger partial charge < -0.3 is 9.13 Å². The molecule has 0 aromatic carbocycles. The molecule has 72 valence electrons. The lowest BCUT2D eigenvalue weighted by Gasteiger charge is -2.03. The fourth-order valence-electron chi connectivity index (χ4n) is 1.21. The maximum absolute atomic E-state index is 11.3. The standard InChI is InChI=1S/C9H10N4O/c1-12-4-3-11-8(12)7-13-5-2-10-6-9(13)14/h2-6H,7H2,1H3. The van der Waals surface area contributed by atoms with Crippen LogP contribution >= 0.6 is 0 Å². The second-order valence-electron chi connectivity index (χ2n) is 3.00. The Balaban J connectivity index is 2.32.